The predicted octanol–water partition coefficient (Wildman–Crippen LogP) is 3.62. The summed E-state index contributed by atoms with van der Waals surface area (Å²) >= 11 is 6.14. The van der Waals surface area contributed by atoms with E-state index < -0.39 is 0 Å². The van der Waals surface area contributed by atoms with Gasteiger partial charge in [-0.05, 0) is 19.1 Å². The molecule has 1 aliphatic rings. The molecule has 2 aromatic rings. The number of amides is 1. The summed E-state index contributed by atoms with van der Waals surface area (Å²) in [5.74, 6) is 1.99. The Kier molecular flexibility index (Phi) is 5.61. The van der Waals surface area contributed by atoms with Crippen molar-refractivity contribution >= 4 is 23.3 Å². The quantitative estimate of drug-likeness (QED) is 0.818. The predicted molar refractivity (Wildman–Crippen MR) is 102 cm³/mol. The Morgan fingerprint density at radius 3 is 2.73 bits per heavy atom. The van der Waals surface area contributed by atoms with E-state index in [-0.39, 0.29) is 17.9 Å². The lowest BCUT2D eigenvalue weighted by Gasteiger charge is -2.41. The molecular weight excluding hydrogens is 352 g/mol. The normalized spacial score (nSPS) is 17.5. The Bertz CT molecular complexity index is 784. The standard InChI is InChI=1S/C19H23ClN4O2/c1-13(2)19(25)24-9-8-23(11-14(24)3)17-10-18(22-12-21-17)26-16-7-5-4-6-15(16)20/h4-7,10,12-14H,8-9,11H2,1-3H3/t14-/m1/s1. The summed E-state index contributed by atoms with van der Waals surface area (Å²) in [6, 6.07) is 9.20. The van der Waals surface area contributed by atoms with Gasteiger partial charge in [0, 0.05) is 37.7 Å². The van der Waals surface area contributed by atoms with Crippen molar-refractivity contribution in [2.75, 3.05) is 24.5 Å². The number of carbonyl (C=O) groups is 1. The molecule has 0 bridgehead atoms. The number of halogens is 1. The number of rotatable bonds is 4. The second-order valence-electron chi connectivity index (χ2n) is 6.73. The van der Waals surface area contributed by atoms with Gasteiger partial charge in [-0.25, -0.2) is 9.97 Å². The Hall–Kier alpha value is -2.34. The lowest BCUT2D eigenvalue weighted by molar-refractivity contribution is -0.136. The lowest BCUT2D eigenvalue weighted by Crippen LogP contribution is -2.55. The van der Waals surface area contributed by atoms with Crippen LogP contribution in [0.15, 0.2) is 36.7 Å². The first-order chi connectivity index (χ1) is 12.5. The maximum Gasteiger partial charge on any atom is 0.225 e. The van der Waals surface area contributed by atoms with Gasteiger partial charge in [0.05, 0.1) is 5.02 Å². The van der Waals surface area contributed by atoms with E-state index >= 15 is 0 Å². The summed E-state index contributed by atoms with van der Waals surface area (Å²) in [7, 11) is 0. The molecule has 138 valence electrons. The van der Waals surface area contributed by atoms with Crippen LogP contribution in [0.25, 0.3) is 0 Å². The number of piperazine rings is 1. The molecule has 0 saturated carbocycles. The van der Waals surface area contributed by atoms with Crippen molar-refractivity contribution in [1.82, 2.24) is 14.9 Å². The van der Waals surface area contributed by atoms with Gasteiger partial charge in [0.2, 0.25) is 11.8 Å². The zero-order valence-corrected chi connectivity index (χ0v) is 16.0. The summed E-state index contributed by atoms with van der Waals surface area (Å²) in [5, 5.41) is 0.530. The van der Waals surface area contributed by atoms with Gasteiger partial charge < -0.3 is 14.5 Å². The van der Waals surface area contributed by atoms with Crippen molar-refractivity contribution < 1.29 is 9.53 Å². The highest BCUT2D eigenvalue weighted by Crippen LogP contribution is 2.29. The van der Waals surface area contributed by atoms with E-state index in [1.807, 2.05) is 30.9 Å². The third-order valence-electron chi connectivity index (χ3n) is 4.41. The van der Waals surface area contributed by atoms with Gasteiger partial charge in [-0.15, -0.1) is 0 Å². The SMILES string of the molecule is CC(C)C(=O)N1CCN(c2cc(Oc3ccccc3Cl)ncn2)C[C@H]1C. The molecule has 1 amide bonds. The van der Waals surface area contributed by atoms with Crippen LogP contribution in [0.2, 0.25) is 5.02 Å². The van der Waals surface area contributed by atoms with Crippen molar-refractivity contribution in [2.24, 2.45) is 5.92 Å². The first-order valence-electron chi connectivity index (χ1n) is 8.75. The molecule has 1 atom stereocenters. The van der Waals surface area contributed by atoms with Crippen molar-refractivity contribution in [3.05, 3.63) is 41.7 Å². The minimum Gasteiger partial charge on any atom is -0.437 e. The minimum atomic E-state index is 0.0127. The lowest BCUT2D eigenvalue weighted by atomic mass is 10.1. The van der Waals surface area contributed by atoms with E-state index in [2.05, 4.69) is 21.8 Å². The highest BCUT2D eigenvalue weighted by molar-refractivity contribution is 6.32. The van der Waals surface area contributed by atoms with E-state index in [9.17, 15) is 4.79 Å². The van der Waals surface area contributed by atoms with Gasteiger partial charge in [0.25, 0.3) is 0 Å². The maximum absolute atomic E-state index is 12.3. The van der Waals surface area contributed by atoms with Gasteiger partial charge >= 0.3 is 0 Å². The Labute approximate surface area is 158 Å². The van der Waals surface area contributed by atoms with Crippen LogP contribution in [0, 0.1) is 5.92 Å². The molecule has 0 aliphatic carbocycles. The fourth-order valence-corrected chi connectivity index (χ4v) is 3.20. The Balaban J connectivity index is 1.71. The first kappa shape index (κ1) is 18.5. The Morgan fingerprint density at radius 1 is 1.27 bits per heavy atom. The van der Waals surface area contributed by atoms with Gasteiger partial charge in [0.15, 0.2) is 0 Å². The molecule has 0 N–H and O–H groups in total. The number of hydrogen-bond donors (Lipinski definition) is 0. The number of nitrogens with zero attached hydrogens (tertiary/aromatic N) is 4. The third kappa shape index (κ3) is 4.07. The van der Waals surface area contributed by atoms with Crippen molar-refractivity contribution in [2.45, 2.75) is 26.8 Å². The van der Waals surface area contributed by atoms with Gasteiger partial charge in [-0.1, -0.05) is 37.6 Å². The molecule has 7 heteroatoms. The second kappa shape index (κ2) is 7.91. The topological polar surface area (TPSA) is 58.6 Å². The Morgan fingerprint density at radius 2 is 2.04 bits per heavy atom. The van der Waals surface area contributed by atoms with Crippen molar-refractivity contribution in [3.8, 4) is 11.6 Å². The highest BCUT2D eigenvalue weighted by Gasteiger charge is 2.29. The fraction of sp³-hybridized carbons (Fsp3) is 0.421. The molecule has 0 spiro atoms. The third-order valence-corrected chi connectivity index (χ3v) is 4.72. The van der Waals surface area contributed by atoms with Gasteiger partial charge in [-0.2, -0.15) is 0 Å². The monoisotopic (exact) mass is 374 g/mol. The number of aromatic nitrogens is 2. The van der Waals surface area contributed by atoms with Gasteiger partial charge in [0.1, 0.15) is 17.9 Å². The largest absolute Gasteiger partial charge is 0.437 e. The van der Waals surface area contributed by atoms with Crippen LogP contribution in [0.5, 0.6) is 11.6 Å². The van der Waals surface area contributed by atoms with Crippen molar-refractivity contribution in [1.29, 1.82) is 0 Å². The molecule has 1 aromatic heterocycles. The van der Waals surface area contributed by atoms with Crippen LogP contribution in [-0.2, 0) is 4.79 Å². The van der Waals surface area contributed by atoms with Crippen LogP contribution in [-0.4, -0.2) is 46.5 Å². The van der Waals surface area contributed by atoms with Crippen LogP contribution in [0.1, 0.15) is 20.8 Å². The van der Waals surface area contributed by atoms with Crippen LogP contribution in [0.3, 0.4) is 0 Å². The molecule has 26 heavy (non-hydrogen) atoms. The van der Waals surface area contributed by atoms with E-state index in [1.165, 1.54) is 6.33 Å². The van der Waals surface area contributed by atoms with E-state index in [1.54, 1.807) is 18.2 Å². The number of benzene rings is 1. The average molecular weight is 375 g/mol. The second-order valence-corrected chi connectivity index (χ2v) is 7.14. The molecule has 1 fully saturated rings. The molecular formula is C19H23ClN4O2. The molecule has 1 saturated heterocycles. The molecule has 1 aromatic carbocycles. The van der Waals surface area contributed by atoms with Crippen LogP contribution >= 0.6 is 11.6 Å². The number of para-hydroxylation sites is 1. The van der Waals surface area contributed by atoms with Crippen LogP contribution < -0.4 is 9.64 Å². The molecule has 6 nitrogen and oxygen atoms in total. The average Bonchev–Trinajstić information content (AvgIpc) is 2.63. The maximum atomic E-state index is 12.3. The fourth-order valence-electron chi connectivity index (χ4n) is 3.02. The highest BCUT2D eigenvalue weighted by atomic mass is 35.5. The molecule has 0 radical (unpaired) electrons. The molecule has 1 aliphatic heterocycles. The number of ether oxygens (including phenoxy) is 1. The summed E-state index contributed by atoms with van der Waals surface area (Å²) in [6.07, 6.45) is 1.48. The molecule has 3 rings (SSSR count). The minimum absolute atomic E-state index is 0.0127. The smallest absolute Gasteiger partial charge is 0.225 e. The zero-order valence-electron chi connectivity index (χ0n) is 15.2. The number of anilines is 1. The number of carbonyl (C=O) groups excluding carboxylic acids is 1. The first-order valence-corrected chi connectivity index (χ1v) is 9.13. The number of hydrogen-bond acceptors (Lipinski definition) is 5. The summed E-state index contributed by atoms with van der Waals surface area (Å²) < 4.78 is 5.78. The van der Waals surface area contributed by atoms with E-state index in [0.717, 1.165) is 18.9 Å². The van der Waals surface area contributed by atoms with Crippen LogP contribution in [0.4, 0.5) is 5.82 Å². The summed E-state index contributed by atoms with van der Waals surface area (Å²) in [6.45, 7) is 8.07. The van der Waals surface area contributed by atoms with Gasteiger partial charge in [-0.3, -0.25) is 4.79 Å². The van der Waals surface area contributed by atoms with E-state index in [0.29, 0.717) is 23.2 Å². The molecule has 0 unspecified atom stereocenters. The summed E-state index contributed by atoms with van der Waals surface area (Å²) in [4.78, 5) is 24.9. The molecule has 2 heterocycles. The van der Waals surface area contributed by atoms with E-state index in [4.69, 9.17) is 16.3 Å². The van der Waals surface area contributed by atoms with Crippen molar-refractivity contribution in [3.63, 3.8) is 0 Å². The summed E-state index contributed by atoms with van der Waals surface area (Å²) in [5.41, 5.74) is 0. The zero-order chi connectivity index (χ0) is 18.7.